The first-order valence-electron chi connectivity index (χ1n) is 6.24. The second kappa shape index (κ2) is 7.93. The fraction of sp³-hybridized carbons (Fsp3) is 0.357. The van der Waals surface area contributed by atoms with Crippen LogP contribution in [0, 0.1) is 5.41 Å². The van der Waals surface area contributed by atoms with E-state index < -0.39 is 0 Å². The molecule has 0 aliphatic heterocycles. The van der Waals surface area contributed by atoms with E-state index in [1.54, 1.807) is 25.3 Å². The first-order valence-corrected chi connectivity index (χ1v) is 6.24. The zero-order chi connectivity index (χ0) is 15.0. The molecular formula is C14H19N3O3. The summed E-state index contributed by atoms with van der Waals surface area (Å²) in [5.74, 6) is -0.207. The molecule has 1 aromatic heterocycles. The molecule has 0 fully saturated rings. The molecule has 1 unspecified atom stereocenters. The Morgan fingerprint density at radius 3 is 2.75 bits per heavy atom. The van der Waals surface area contributed by atoms with Crippen LogP contribution in [0.5, 0.6) is 5.88 Å². The Labute approximate surface area is 118 Å². The largest absolute Gasteiger partial charge is 0.481 e. The third-order valence-corrected chi connectivity index (χ3v) is 2.81. The average molecular weight is 277 g/mol. The monoisotopic (exact) mass is 277 g/mol. The minimum atomic E-state index is -0.352. The summed E-state index contributed by atoms with van der Waals surface area (Å²) in [7, 11) is 1.53. The first kappa shape index (κ1) is 15.7. The van der Waals surface area contributed by atoms with E-state index in [-0.39, 0.29) is 18.3 Å². The minimum Gasteiger partial charge on any atom is -0.481 e. The molecule has 0 saturated carbocycles. The Kier molecular flexibility index (Phi) is 6.22. The zero-order valence-electron chi connectivity index (χ0n) is 11.6. The molecule has 6 heteroatoms. The van der Waals surface area contributed by atoms with Crippen LogP contribution in [0.2, 0.25) is 0 Å². The SMILES string of the molecule is CCOC(=O)CC(/C(C=N)=C/N)c1ccc(OC)nc1. The number of pyridine rings is 1. The fourth-order valence-corrected chi connectivity index (χ4v) is 1.80. The Morgan fingerprint density at radius 1 is 1.55 bits per heavy atom. The van der Waals surface area contributed by atoms with Crippen molar-refractivity contribution in [3.63, 3.8) is 0 Å². The number of esters is 1. The highest BCUT2D eigenvalue weighted by Crippen LogP contribution is 2.27. The number of ether oxygens (including phenoxy) is 2. The summed E-state index contributed by atoms with van der Waals surface area (Å²) in [6, 6.07) is 3.49. The number of hydrogen-bond acceptors (Lipinski definition) is 6. The maximum absolute atomic E-state index is 11.7. The molecule has 6 nitrogen and oxygen atoms in total. The van der Waals surface area contributed by atoms with Gasteiger partial charge in [0.1, 0.15) is 0 Å². The highest BCUT2D eigenvalue weighted by molar-refractivity contribution is 5.81. The van der Waals surface area contributed by atoms with Gasteiger partial charge in [-0.05, 0) is 24.3 Å². The van der Waals surface area contributed by atoms with Gasteiger partial charge in [0, 0.05) is 24.4 Å². The van der Waals surface area contributed by atoms with Crippen LogP contribution in [0.3, 0.4) is 0 Å². The van der Waals surface area contributed by atoms with Crippen molar-refractivity contribution in [2.24, 2.45) is 5.73 Å². The third-order valence-electron chi connectivity index (χ3n) is 2.81. The predicted octanol–water partition coefficient (Wildman–Crippen LogP) is 1.62. The first-order chi connectivity index (χ1) is 9.65. The van der Waals surface area contributed by atoms with Crippen LogP contribution in [0.1, 0.15) is 24.8 Å². The molecule has 1 atom stereocenters. The lowest BCUT2D eigenvalue weighted by molar-refractivity contribution is -0.143. The predicted molar refractivity (Wildman–Crippen MR) is 75.8 cm³/mol. The van der Waals surface area contributed by atoms with Crippen LogP contribution >= 0.6 is 0 Å². The molecule has 1 heterocycles. The van der Waals surface area contributed by atoms with Crippen molar-refractivity contribution in [3.8, 4) is 5.88 Å². The van der Waals surface area contributed by atoms with E-state index in [0.29, 0.717) is 18.1 Å². The molecule has 0 spiro atoms. The maximum Gasteiger partial charge on any atom is 0.306 e. The van der Waals surface area contributed by atoms with E-state index in [1.165, 1.54) is 13.3 Å². The van der Waals surface area contributed by atoms with Crippen LogP contribution in [-0.2, 0) is 9.53 Å². The van der Waals surface area contributed by atoms with Crippen LogP contribution in [0.4, 0.5) is 0 Å². The molecule has 0 bridgehead atoms. The molecule has 3 N–H and O–H groups in total. The Morgan fingerprint density at radius 2 is 2.30 bits per heavy atom. The molecule has 20 heavy (non-hydrogen) atoms. The van der Waals surface area contributed by atoms with E-state index in [0.717, 1.165) is 11.8 Å². The van der Waals surface area contributed by atoms with Crippen molar-refractivity contribution in [2.45, 2.75) is 19.3 Å². The fourth-order valence-electron chi connectivity index (χ4n) is 1.80. The van der Waals surface area contributed by atoms with Gasteiger partial charge in [-0.3, -0.25) is 4.79 Å². The van der Waals surface area contributed by atoms with Crippen molar-refractivity contribution >= 4 is 12.2 Å². The Balaban J connectivity index is 3.02. The normalized spacial score (nSPS) is 12.6. The van der Waals surface area contributed by atoms with E-state index in [9.17, 15) is 4.79 Å². The summed E-state index contributed by atoms with van der Waals surface area (Å²) in [5.41, 5.74) is 6.83. The summed E-state index contributed by atoms with van der Waals surface area (Å²) in [6.07, 6.45) is 4.17. The van der Waals surface area contributed by atoms with Crippen LogP contribution < -0.4 is 10.5 Å². The molecule has 0 aliphatic carbocycles. The smallest absolute Gasteiger partial charge is 0.306 e. The van der Waals surface area contributed by atoms with Gasteiger partial charge < -0.3 is 20.6 Å². The zero-order valence-corrected chi connectivity index (χ0v) is 11.6. The van der Waals surface area contributed by atoms with Gasteiger partial charge in [-0.2, -0.15) is 0 Å². The number of nitrogens with one attached hydrogen (secondary N) is 1. The van der Waals surface area contributed by atoms with E-state index in [2.05, 4.69) is 4.98 Å². The van der Waals surface area contributed by atoms with Gasteiger partial charge >= 0.3 is 5.97 Å². The quantitative estimate of drug-likeness (QED) is 0.583. The highest BCUT2D eigenvalue weighted by Gasteiger charge is 2.20. The maximum atomic E-state index is 11.7. The lowest BCUT2D eigenvalue weighted by atomic mass is 9.90. The van der Waals surface area contributed by atoms with Gasteiger partial charge in [-0.25, -0.2) is 4.98 Å². The van der Waals surface area contributed by atoms with E-state index in [1.807, 2.05) is 0 Å². The lowest BCUT2D eigenvalue weighted by Gasteiger charge is -2.17. The number of carbonyl (C=O) groups is 1. The standard InChI is InChI=1S/C14H19N3O3/c1-3-20-14(18)6-12(11(7-15)8-16)10-4-5-13(19-2)17-9-10/h4-5,7-9,12,15H,3,6,16H2,1-2H3/b11-8+,15-7?. The van der Waals surface area contributed by atoms with Crippen molar-refractivity contribution in [2.75, 3.05) is 13.7 Å². The number of nitrogens with zero attached hydrogens (tertiary/aromatic N) is 1. The van der Waals surface area contributed by atoms with Crippen molar-refractivity contribution in [1.82, 2.24) is 4.98 Å². The number of carbonyl (C=O) groups excluding carboxylic acids is 1. The van der Waals surface area contributed by atoms with Gasteiger partial charge in [0.15, 0.2) is 0 Å². The summed E-state index contributed by atoms with van der Waals surface area (Å²) in [5, 5.41) is 7.39. The van der Waals surface area contributed by atoms with Gasteiger partial charge in [0.25, 0.3) is 0 Å². The number of aromatic nitrogens is 1. The molecule has 0 amide bonds. The van der Waals surface area contributed by atoms with Crippen LogP contribution in [0.15, 0.2) is 30.1 Å². The number of hydrogen-bond donors (Lipinski definition) is 2. The van der Waals surface area contributed by atoms with Gasteiger partial charge in [-0.1, -0.05) is 6.07 Å². The molecule has 0 aromatic carbocycles. The Bertz CT molecular complexity index is 483. The van der Waals surface area contributed by atoms with E-state index >= 15 is 0 Å². The number of methoxy groups -OCH3 is 1. The molecule has 108 valence electrons. The molecule has 0 radical (unpaired) electrons. The number of allylic oxidation sites excluding steroid dienone is 1. The molecule has 1 rings (SSSR count). The highest BCUT2D eigenvalue weighted by atomic mass is 16.5. The summed E-state index contributed by atoms with van der Waals surface area (Å²) in [4.78, 5) is 15.8. The summed E-state index contributed by atoms with van der Waals surface area (Å²) in [6.45, 7) is 2.07. The van der Waals surface area contributed by atoms with Gasteiger partial charge in [0.05, 0.1) is 20.1 Å². The third kappa shape index (κ3) is 4.08. The molecule has 0 saturated heterocycles. The summed E-state index contributed by atoms with van der Waals surface area (Å²) >= 11 is 0. The second-order valence-corrected chi connectivity index (χ2v) is 4.01. The minimum absolute atomic E-state index is 0.111. The summed E-state index contributed by atoms with van der Waals surface area (Å²) < 4.78 is 9.95. The topological polar surface area (TPSA) is 98.3 Å². The van der Waals surface area contributed by atoms with Crippen molar-refractivity contribution in [1.29, 1.82) is 5.41 Å². The number of rotatable bonds is 7. The lowest BCUT2D eigenvalue weighted by Crippen LogP contribution is -2.14. The average Bonchev–Trinajstić information content (AvgIpc) is 2.48. The van der Waals surface area contributed by atoms with Crippen LogP contribution in [-0.4, -0.2) is 30.9 Å². The molecule has 0 aliphatic rings. The second-order valence-electron chi connectivity index (χ2n) is 4.01. The van der Waals surface area contributed by atoms with Crippen molar-refractivity contribution in [3.05, 3.63) is 35.7 Å². The Hall–Kier alpha value is -2.37. The van der Waals surface area contributed by atoms with Crippen LogP contribution in [0.25, 0.3) is 0 Å². The van der Waals surface area contributed by atoms with Crippen molar-refractivity contribution < 1.29 is 14.3 Å². The van der Waals surface area contributed by atoms with E-state index in [4.69, 9.17) is 20.6 Å². The molecule has 1 aromatic rings. The van der Waals surface area contributed by atoms with Gasteiger partial charge in [0.2, 0.25) is 5.88 Å². The molecular weight excluding hydrogens is 258 g/mol. The van der Waals surface area contributed by atoms with Gasteiger partial charge in [-0.15, -0.1) is 0 Å². The number of nitrogens with two attached hydrogens (primary N) is 1.